The van der Waals surface area contributed by atoms with E-state index in [1.54, 1.807) is 24.3 Å². The van der Waals surface area contributed by atoms with Crippen LogP contribution in [-0.4, -0.2) is 22.8 Å². The van der Waals surface area contributed by atoms with Crippen LogP contribution >= 0.6 is 0 Å². The number of hydrogen-bond donors (Lipinski definition) is 2. The normalized spacial score (nSPS) is 14.4. The summed E-state index contributed by atoms with van der Waals surface area (Å²) in [6, 6.07) is 9.12. The molecule has 3 aromatic rings. The van der Waals surface area contributed by atoms with Gasteiger partial charge in [-0.25, -0.2) is 0 Å². The fraction of sp³-hybridized carbons (Fsp3) is 0.176. The lowest BCUT2D eigenvalue weighted by Gasteiger charge is -2.25. The van der Waals surface area contributed by atoms with Crippen LogP contribution in [0.3, 0.4) is 0 Å². The fourth-order valence-electron chi connectivity index (χ4n) is 2.37. The van der Waals surface area contributed by atoms with Gasteiger partial charge in [-0.05, 0) is 24.4 Å². The van der Waals surface area contributed by atoms with Crippen molar-refractivity contribution in [3.05, 3.63) is 52.9 Å². The van der Waals surface area contributed by atoms with Gasteiger partial charge < -0.3 is 14.8 Å². The molecule has 0 bridgehead atoms. The van der Waals surface area contributed by atoms with Crippen LogP contribution in [0.15, 0.2) is 51.9 Å². The fourth-order valence-corrected chi connectivity index (χ4v) is 2.37. The van der Waals surface area contributed by atoms with Crippen molar-refractivity contribution in [3.8, 4) is 0 Å². The van der Waals surface area contributed by atoms with Crippen molar-refractivity contribution in [2.45, 2.75) is 18.7 Å². The number of amides is 1. The van der Waals surface area contributed by atoms with E-state index in [-0.39, 0.29) is 16.7 Å². The molecule has 5 nitrogen and oxygen atoms in total. The smallest absolute Gasteiger partial charge is 0.426 e. The molecule has 0 aliphatic rings. The summed E-state index contributed by atoms with van der Waals surface area (Å²) >= 11 is 0. The lowest BCUT2D eigenvalue weighted by Crippen LogP contribution is -2.52. The lowest BCUT2D eigenvalue weighted by molar-refractivity contribution is -0.242. The average Bonchev–Trinajstić information content (AvgIpc) is 2.95. The SMILES string of the molecule is CC(O)(C(=O)Nc1cccc2ccc3ccoc3c(=O)c12)C(F)(F)F. The molecule has 1 heterocycles. The molecule has 0 fully saturated rings. The average molecular weight is 351 g/mol. The van der Waals surface area contributed by atoms with E-state index >= 15 is 0 Å². The van der Waals surface area contributed by atoms with Crippen LogP contribution in [0.2, 0.25) is 0 Å². The van der Waals surface area contributed by atoms with Crippen molar-refractivity contribution in [2.75, 3.05) is 5.32 Å². The summed E-state index contributed by atoms with van der Waals surface area (Å²) in [6.07, 6.45) is -3.85. The first-order valence-corrected chi connectivity index (χ1v) is 7.17. The van der Waals surface area contributed by atoms with E-state index in [2.05, 4.69) is 0 Å². The van der Waals surface area contributed by atoms with Crippen LogP contribution in [0.1, 0.15) is 6.92 Å². The first kappa shape index (κ1) is 17.0. The van der Waals surface area contributed by atoms with E-state index in [0.29, 0.717) is 17.7 Å². The van der Waals surface area contributed by atoms with Gasteiger partial charge in [-0.15, -0.1) is 0 Å². The largest absolute Gasteiger partial charge is 0.460 e. The maximum atomic E-state index is 12.8. The van der Waals surface area contributed by atoms with Gasteiger partial charge in [0, 0.05) is 5.39 Å². The molecule has 0 spiro atoms. The molecule has 25 heavy (non-hydrogen) atoms. The van der Waals surface area contributed by atoms with Crippen LogP contribution in [0.4, 0.5) is 18.9 Å². The number of aliphatic hydroxyl groups is 1. The molecule has 2 N–H and O–H groups in total. The van der Waals surface area contributed by atoms with Crippen molar-refractivity contribution in [1.82, 2.24) is 0 Å². The van der Waals surface area contributed by atoms with E-state index in [1.807, 2.05) is 5.32 Å². The first-order chi connectivity index (χ1) is 11.6. The Labute approximate surface area is 138 Å². The zero-order valence-electron chi connectivity index (χ0n) is 12.8. The summed E-state index contributed by atoms with van der Waals surface area (Å²) < 4.78 is 43.6. The van der Waals surface area contributed by atoms with E-state index < -0.39 is 23.1 Å². The van der Waals surface area contributed by atoms with E-state index in [9.17, 15) is 27.9 Å². The molecule has 1 unspecified atom stereocenters. The molecular formula is C17H12F3NO4. The van der Waals surface area contributed by atoms with Crippen molar-refractivity contribution in [3.63, 3.8) is 0 Å². The number of alkyl halides is 3. The highest BCUT2D eigenvalue weighted by atomic mass is 19.4. The number of carbonyl (C=O) groups excluding carboxylic acids is 1. The molecule has 1 atom stereocenters. The second-order valence-electron chi connectivity index (χ2n) is 5.66. The van der Waals surface area contributed by atoms with E-state index in [1.165, 1.54) is 18.4 Å². The number of hydrogen-bond acceptors (Lipinski definition) is 4. The number of furan rings is 1. The summed E-state index contributed by atoms with van der Waals surface area (Å²) in [5.74, 6) is -1.69. The molecule has 8 heteroatoms. The maximum absolute atomic E-state index is 12.8. The summed E-state index contributed by atoms with van der Waals surface area (Å²) in [5, 5.41) is 12.4. The zero-order chi connectivity index (χ0) is 18.4. The van der Waals surface area contributed by atoms with Gasteiger partial charge in [0.1, 0.15) is 0 Å². The van der Waals surface area contributed by atoms with Crippen molar-refractivity contribution < 1.29 is 27.5 Å². The highest BCUT2D eigenvalue weighted by molar-refractivity contribution is 6.06. The predicted octanol–water partition coefficient (Wildman–Crippen LogP) is 3.20. The molecule has 0 saturated heterocycles. The molecule has 0 aliphatic heterocycles. The maximum Gasteiger partial charge on any atom is 0.426 e. The number of benzene rings is 1. The molecule has 1 aromatic heterocycles. The molecule has 1 amide bonds. The Balaban J connectivity index is 2.19. The second-order valence-corrected chi connectivity index (χ2v) is 5.66. The van der Waals surface area contributed by atoms with Gasteiger partial charge in [0.2, 0.25) is 11.0 Å². The van der Waals surface area contributed by atoms with E-state index in [4.69, 9.17) is 4.42 Å². The van der Waals surface area contributed by atoms with Gasteiger partial charge in [0.15, 0.2) is 5.58 Å². The standard InChI is InChI=1S/C17H12F3NO4/c1-16(24,17(18,19)20)15(23)21-11-4-2-3-9-5-6-10-7-8-25-14(10)13(22)12(9)11/h2-8,24H,1H3,(H,21,23). The summed E-state index contributed by atoms with van der Waals surface area (Å²) in [4.78, 5) is 24.6. The Morgan fingerprint density at radius 1 is 1.12 bits per heavy atom. The van der Waals surface area contributed by atoms with Crippen LogP contribution in [0.5, 0.6) is 0 Å². The Morgan fingerprint density at radius 3 is 2.48 bits per heavy atom. The Hall–Kier alpha value is -2.87. The molecule has 0 aliphatic carbocycles. The molecule has 0 radical (unpaired) electrons. The summed E-state index contributed by atoms with van der Waals surface area (Å²) in [6.45, 7) is 0.344. The topological polar surface area (TPSA) is 79.5 Å². The number of nitrogens with one attached hydrogen (secondary N) is 1. The van der Waals surface area contributed by atoms with Crippen LogP contribution < -0.4 is 10.7 Å². The van der Waals surface area contributed by atoms with Crippen molar-refractivity contribution >= 4 is 33.3 Å². The molecule has 0 saturated carbocycles. The van der Waals surface area contributed by atoms with Gasteiger partial charge in [-0.1, -0.05) is 24.3 Å². The number of carbonyl (C=O) groups is 1. The Morgan fingerprint density at radius 2 is 1.80 bits per heavy atom. The number of anilines is 1. The van der Waals surface area contributed by atoms with Crippen LogP contribution in [0.25, 0.3) is 21.7 Å². The highest BCUT2D eigenvalue weighted by Crippen LogP contribution is 2.32. The minimum atomic E-state index is -5.17. The minimum absolute atomic E-state index is 0.0132. The van der Waals surface area contributed by atoms with Crippen LogP contribution in [-0.2, 0) is 4.79 Å². The van der Waals surface area contributed by atoms with Crippen LogP contribution in [0, 0.1) is 0 Å². The summed E-state index contributed by atoms with van der Waals surface area (Å²) in [5.41, 5.74) is -4.32. The first-order valence-electron chi connectivity index (χ1n) is 7.17. The van der Waals surface area contributed by atoms with Gasteiger partial charge in [-0.2, -0.15) is 13.2 Å². The van der Waals surface area contributed by atoms with Gasteiger partial charge in [0.05, 0.1) is 17.3 Å². The number of rotatable bonds is 2. The zero-order valence-corrected chi connectivity index (χ0v) is 12.8. The Kier molecular flexibility index (Phi) is 3.80. The van der Waals surface area contributed by atoms with Gasteiger partial charge >= 0.3 is 6.18 Å². The third-order valence-corrected chi connectivity index (χ3v) is 3.91. The third kappa shape index (κ3) is 2.74. The predicted molar refractivity (Wildman–Crippen MR) is 85.3 cm³/mol. The molecular weight excluding hydrogens is 339 g/mol. The lowest BCUT2D eigenvalue weighted by atomic mass is 10.0. The number of halogens is 3. The highest BCUT2D eigenvalue weighted by Gasteiger charge is 2.55. The van der Waals surface area contributed by atoms with Crippen molar-refractivity contribution in [2.24, 2.45) is 0 Å². The number of fused-ring (bicyclic) bond motifs is 2. The van der Waals surface area contributed by atoms with Crippen molar-refractivity contribution in [1.29, 1.82) is 0 Å². The van der Waals surface area contributed by atoms with Gasteiger partial charge in [0.25, 0.3) is 5.91 Å². The van der Waals surface area contributed by atoms with E-state index in [0.717, 1.165) is 0 Å². The monoisotopic (exact) mass is 351 g/mol. The minimum Gasteiger partial charge on any atom is -0.460 e. The summed E-state index contributed by atoms with van der Waals surface area (Å²) in [7, 11) is 0. The second kappa shape index (κ2) is 5.59. The third-order valence-electron chi connectivity index (χ3n) is 3.91. The van der Waals surface area contributed by atoms with Gasteiger partial charge in [-0.3, -0.25) is 9.59 Å². The molecule has 130 valence electrons. The Bertz CT molecular complexity index is 1040. The molecule has 2 aromatic carbocycles. The quantitative estimate of drug-likeness (QED) is 0.743. The molecule has 3 rings (SSSR count).